The number of hydrogen-bond donors (Lipinski definition) is 2. The smallest absolute Gasteiger partial charge is 0.137 e. The molecule has 1 aromatic carbocycles. The van der Waals surface area contributed by atoms with Crippen LogP contribution in [0.25, 0.3) is 0 Å². The third-order valence-electron chi connectivity index (χ3n) is 4.08. The first-order valence-electron chi connectivity index (χ1n) is 7.23. The van der Waals surface area contributed by atoms with Crippen LogP contribution in [0.2, 0.25) is 0 Å². The zero-order chi connectivity index (χ0) is 13.8. The first kappa shape index (κ1) is 13.1. The van der Waals surface area contributed by atoms with Gasteiger partial charge in [-0.3, -0.25) is 0 Å². The van der Waals surface area contributed by atoms with E-state index in [1.54, 1.807) is 12.7 Å². The van der Waals surface area contributed by atoms with Crippen molar-refractivity contribution in [2.75, 3.05) is 11.9 Å². The topological polar surface area (TPSA) is 68.8 Å². The predicted octanol–water partition coefficient (Wildman–Crippen LogP) is 1.87. The first-order valence-corrected chi connectivity index (χ1v) is 7.23. The van der Waals surface area contributed by atoms with Crippen molar-refractivity contribution in [3.05, 3.63) is 42.5 Å². The molecule has 5 heteroatoms. The second-order valence-electron chi connectivity index (χ2n) is 5.47. The normalized spacial score (nSPS) is 22.1. The summed E-state index contributed by atoms with van der Waals surface area (Å²) in [7, 11) is 0. The monoisotopic (exact) mass is 271 g/mol. The Labute approximate surface area is 119 Å². The van der Waals surface area contributed by atoms with E-state index in [2.05, 4.69) is 39.7 Å². The predicted molar refractivity (Wildman–Crippen MR) is 79.4 cm³/mol. The summed E-state index contributed by atoms with van der Waals surface area (Å²) in [5, 5.41) is 7.73. The van der Waals surface area contributed by atoms with E-state index in [9.17, 15) is 0 Å². The third-order valence-corrected chi connectivity index (χ3v) is 4.08. The van der Waals surface area contributed by atoms with Crippen molar-refractivity contribution in [2.24, 2.45) is 11.7 Å². The Bertz CT molecular complexity index is 520. The van der Waals surface area contributed by atoms with Crippen LogP contribution in [-0.4, -0.2) is 27.4 Å². The maximum absolute atomic E-state index is 5.82. The number of anilines is 1. The van der Waals surface area contributed by atoms with E-state index in [0.717, 1.165) is 13.1 Å². The average Bonchev–Trinajstić information content (AvgIpc) is 3.12. The highest BCUT2D eigenvalue weighted by Gasteiger charge is 2.25. The number of benzene rings is 1. The van der Waals surface area contributed by atoms with Crippen molar-refractivity contribution in [3.8, 4) is 0 Å². The molecule has 1 saturated carbocycles. The van der Waals surface area contributed by atoms with Gasteiger partial charge in [0.15, 0.2) is 0 Å². The van der Waals surface area contributed by atoms with E-state index in [0.29, 0.717) is 12.0 Å². The number of rotatable bonds is 5. The first-order chi connectivity index (χ1) is 9.85. The molecule has 2 aromatic rings. The van der Waals surface area contributed by atoms with Gasteiger partial charge in [0.05, 0.1) is 6.54 Å². The largest absolute Gasteiger partial charge is 0.382 e. The Morgan fingerprint density at radius 1 is 1.25 bits per heavy atom. The Morgan fingerprint density at radius 3 is 2.80 bits per heavy atom. The van der Waals surface area contributed by atoms with Crippen molar-refractivity contribution >= 4 is 5.69 Å². The molecule has 5 nitrogen and oxygen atoms in total. The molecule has 20 heavy (non-hydrogen) atoms. The van der Waals surface area contributed by atoms with Crippen molar-refractivity contribution < 1.29 is 0 Å². The van der Waals surface area contributed by atoms with Crippen LogP contribution < -0.4 is 11.1 Å². The zero-order valence-corrected chi connectivity index (χ0v) is 11.6. The molecule has 3 rings (SSSR count). The summed E-state index contributed by atoms with van der Waals surface area (Å²) in [6, 6.07) is 9.07. The molecule has 0 radical (unpaired) electrons. The molecule has 1 fully saturated rings. The lowest BCUT2D eigenvalue weighted by Gasteiger charge is -2.20. The molecule has 0 bridgehead atoms. The Kier molecular flexibility index (Phi) is 3.97. The molecule has 2 unspecified atom stereocenters. The zero-order valence-electron chi connectivity index (χ0n) is 11.6. The molecule has 3 N–H and O–H groups in total. The number of hydrogen-bond acceptors (Lipinski definition) is 4. The number of aromatic nitrogens is 3. The highest BCUT2D eigenvalue weighted by Crippen LogP contribution is 2.27. The summed E-state index contributed by atoms with van der Waals surface area (Å²) in [6.45, 7) is 1.54. The summed E-state index contributed by atoms with van der Waals surface area (Å²) < 4.78 is 1.82. The third kappa shape index (κ3) is 2.99. The molecule has 0 spiro atoms. The van der Waals surface area contributed by atoms with Gasteiger partial charge in [0.2, 0.25) is 0 Å². The quantitative estimate of drug-likeness (QED) is 0.871. The average molecular weight is 271 g/mol. The van der Waals surface area contributed by atoms with Gasteiger partial charge in [-0.2, -0.15) is 5.10 Å². The molecule has 2 atom stereocenters. The van der Waals surface area contributed by atoms with Gasteiger partial charge in [-0.05, 0) is 43.0 Å². The van der Waals surface area contributed by atoms with E-state index < -0.39 is 0 Å². The van der Waals surface area contributed by atoms with Gasteiger partial charge in [-0.1, -0.05) is 18.6 Å². The minimum atomic E-state index is 0.529. The van der Waals surface area contributed by atoms with Crippen LogP contribution >= 0.6 is 0 Å². The maximum atomic E-state index is 5.82. The van der Waals surface area contributed by atoms with Crippen molar-refractivity contribution in [1.82, 2.24) is 14.8 Å². The molecule has 0 amide bonds. The fourth-order valence-electron chi connectivity index (χ4n) is 2.93. The molecular weight excluding hydrogens is 250 g/mol. The molecule has 1 aliphatic carbocycles. The highest BCUT2D eigenvalue weighted by atomic mass is 15.3. The van der Waals surface area contributed by atoms with E-state index in [1.165, 1.54) is 30.5 Å². The van der Waals surface area contributed by atoms with Gasteiger partial charge in [0.25, 0.3) is 0 Å². The SMILES string of the molecule is NCC1CCCC1Nc1ccc(Cn2cncn2)cc1. The van der Waals surface area contributed by atoms with Gasteiger partial charge < -0.3 is 11.1 Å². The second kappa shape index (κ2) is 6.05. The number of nitrogens with one attached hydrogen (secondary N) is 1. The van der Waals surface area contributed by atoms with E-state index in [4.69, 9.17) is 5.73 Å². The summed E-state index contributed by atoms with van der Waals surface area (Å²) >= 11 is 0. The Balaban J connectivity index is 1.61. The number of nitrogens with two attached hydrogens (primary N) is 1. The van der Waals surface area contributed by atoms with Crippen LogP contribution in [0.4, 0.5) is 5.69 Å². The second-order valence-corrected chi connectivity index (χ2v) is 5.47. The van der Waals surface area contributed by atoms with Crippen molar-refractivity contribution in [3.63, 3.8) is 0 Å². The van der Waals surface area contributed by atoms with Crippen molar-refractivity contribution in [2.45, 2.75) is 31.8 Å². The molecule has 106 valence electrons. The molecule has 0 saturated heterocycles. The molecule has 1 heterocycles. The van der Waals surface area contributed by atoms with Crippen LogP contribution in [0.1, 0.15) is 24.8 Å². The number of nitrogens with zero attached hydrogens (tertiary/aromatic N) is 3. The van der Waals surface area contributed by atoms with Gasteiger partial charge in [-0.15, -0.1) is 0 Å². The summed E-state index contributed by atoms with van der Waals surface area (Å²) in [5.74, 6) is 0.616. The lowest BCUT2D eigenvalue weighted by molar-refractivity contribution is 0.516. The van der Waals surface area contributed by atoms with Crippen LogP contribution in [-0.2, 0) is 6.54 Å². The molecule has 1 aromatic heterocycles. The van der Waals surface area contributed by atoms with E-state index in [1.807, 2.05) is 4.68 Å². The van der Waals surface area contributed by atoms with E-state index in [-0.39, 0.29) is 0 Å². The summed E-state index contributed by atoms with van der Waals surface area (Å²) in [4.78, 5) is 3.95. The van der Waals surface area contributed by atoms with Gasteiger partial charge in [0, 0.05) is 11.7 Å². The van der Waals surface area contributed by atoms with Crippen molar-refractivity contribution in [1.29, 1.82) is 0 Å². The molecule has 0 aliphatic heterocycles. The lowest BCUT2D eigenvalue weighted by atomic mass is 10.0. The Morgan fingerprint density at radius 2 is 2.10 bits per heavy atom. The van der Waals surface area contributed by atoms with Gasteiger partial charge in [0.1, 0.15) is 12.7 Å². The summed E-state index contributed by atoms with van der Waals surface area (Å²) in [6.07, 6.45) is 7.05. The van der Waals surface area contributed by atoms with Crippen LogP contribution in [0, 0.1) is 5.92 Å². The molecule has 1 aliphatic rings. The fraction of sp³-hybridized carbons (Fsp3) is 0.467. The van der Waals surface area contributed by atoms with Crippen LogP contribution in [0.15, 0.2) is 36.9 Å². The van der Waals surface area contributed by atoms with Crippen LogP contribution in [0.3, 0.4) is 0 Å². The maximum Gasteiger partial charge on any atom is 0.137 e. The fourth-order valence-corrected chi connectivity index (χ4v) is 2.93. The minimum absolute atomic E-state index is 0.529. The standard InChI is InChI=1S/C15H21N5/c16-8-13-2-1-3-15(13)19-14-6-4-12(5-7-14)9-20-11-17-10-18-20/h4-7,10-11,13,15,19H,1-3,8-9,16H2. The van der Waals surface area contributed by atoms with E-state index >= 15 is 0 Å². The van der Waals surface area contributed by atoms with Crippen LogP contribution in [0.5, 0.6) is 0 Å². The van der Waals surface area contributed by atoms with Gasteiger partial charge in [-0.25, -0.2) is 9.67 Å². The highest BCUT2D eigenvalue weighted by molar-refractivity contribution is 5.45. The minimum Gasteiger partial charge on any atom is -0.382 e. The van der Waals surface area contributed by atoms with Gasteiger partial charge >= 0.3 is 0 Å². The molecular formula is C15H21N5. The lowest BCUT2D eigenvalue weighted by Crippen LogP contribution is -2.29. The summed E-state index contributed by atoms with van der Waals surface area (Å²) in [5.41, 5.74) is 8.23. The Hall–Kier alpha value is -1.88.